The Morgan fingerprint density at radius 3 is 2.83 bits per heavy atom. The van der Waals surface area contributed by atoms with Gasteiger partial charge in [0.1, 0.15) is 6.04 Å². The van der Waals surface area contributed by atoms with E-state index in [0.717, 1.165) is 5.56 Å². The normalized spacial score (nSPS) is 12.1. The minimum Gasteiger partial charge on any atom is -0.350 e. The van der Waals surface area contributed by atoms with Crippen LogP contribution >= 0.6 is 0 Å². The first-order chi connectivity index (χ1) is 8.68. The maximum Gasteiger partial charge on any atom is 0.244 e. The molecule has 0 aliphatic heterocycles. The molecular weight excluding hydrogens is 226 g/mol. The molecule has 0 saturated heterocycles. The average molecular weight is 243 g/mol. The lowest BCUT2D eigenvalue weighted by Crippen LogP contribution is -2.31. The highest BCUT2D eigenvalue weighted by atomic mass is 16.2. The van der Waals surface area contributed by atoms with Gasteiger partial charge in [0.05, 0.1) is 0 Å². The molecule has 1 amide bonds. The third-order valence-electron chi connectivity index (χ3n) is 3.02. The summed E-state index contributed by atoms with van der Waals surface area (Å²) in [5.74, 6) is -0.0260. The zero-order valence-corrected chi connectivity index (χ0v) is 10.6. The highest BCUT2D eigenvalue weighted by Gasteiger charge is 2.14. The van der Waals surface area contributed by atoms with E-state index in [1.54, 1.807) is 17.1 Å². The number of aromatic nitrogens is 2. The van der Waals surface area contributed by atoms with Gasteiger partial charge in [0.25, 0.3) is 0 Å². The molecule has 0 aliphatic carbocycles. The summed E-state index contributed by atoms with van der Waals surface area (Å²) in [7, 11) is 0. The molecule has 4 heteroatoms. The van der Waals surface area contributed by atoms with E-state index >= 15 is 0 Å². The Morgan fingerprint density at radius 1 is 1.39 bits per heavy atom. The van der Waals surface area contributed by atoms with Crippen LogP contribution in [0, 0.1) is 6.92 Å². The number of carbonyl (C=O) groups excluding carboxylic acids is 1. The number of nitrogens with zero attached hydrogens (tertiary/aromatic N) is 2. The summed E-state index contributed by atoms with van der Waals surface area (Å²) < 4.78 is 1.65. The second-order valence-corrected chi connectivity index (χ2v) is 4.31. The van der Waals surface area contributed by atoms with Crippen molar-refractivity contribution in [3.8, 4) is 0 Å². The molecule has 2 aromatic rings. The Bertz CT molecular complexity index is 520. The lowest BCUT2D eigenvalue weighted by molar-refractivity contribution is -0.124. The Labute approximate surface area is 107 Å². The van der Waals surface area contributed by atoms with Crippen molar-refractivity contribution < 1.29 is 4.79 Å². The molecule has 94 valence electrons. The van der Waals surface area contributed by atoms with Gasteiger partial charge in [-0.2, -0.15) is 5.10 Å². The van der Waals surface area contributed by atoms with Crippen molar-refractivity contribution in [1.29, 1.82) is 0 Å². The molecule has 1 aromatic heterocycles. The topological polar surface area (TPSA) is 46.9 Å². The molecule has 0 spiro atoms. The number of hydrogen-bond acceptors (Lipinski definition) is 2. The zero-order chi connectivity index (χ0) is 13.0. The maximum atomic E-state index is 12.0. The minimum atomic E-state index is -0.288. The van der Waals surface area contributed by atoms with Crippen molar-refractivity contribution in [3.05, 3.63) is 53.9 Å². The second kappa shape index (κ2) is 5.49. The van der Waals surface area contributed by atoms with Crippen LogP contribution in [0.3, 0.4) is 0 Å². The molecule has 1 atom stereocenters. The van der Waals surface area contributed by atoms with E-state index < -0.39 is 0 Å². The molecule has 0 saturated carbocycles. The minimum absolute atomic E-state index is 0.0260. The number of nitrogens with one attached hydrogen (secondary N) is 1. The van der Waals surface area contributed by atoms with Gasteiger partial charge in [-0.15, -0.1) is 0 Å². The Morgan fingerprint density at radius 2 is 2.17 bits per heavy atom. The van der Waals surface area contributed by atoms with Crippen molar-refractivity contribution in [1.82, 2.24) is 15.1 Å². The van der Waals surface area contributed by atoms with Crippen molar-refractivity contribution in [2.45, 2.75) is 26.4 Å². The molecule has 1 N–H and O–H groups in total. The van der Waals surface area contributed by atoms with E-state index in [4.69, 9.17) is 0 Å². The first-order valence-corrected chi connectivity index (χ1v) is 6.00. The molecule has 0 bridgehead atoms. The smallest absolute Gasteiger partial charge is 0.244 e. The van der Waals surface area contributed by atoms with Gasteiger partial charge in [0.2, 0.25) is 5.91 Å². The van der Waals surface area contributed by atoms with E-state index in [2.05, 4.69) is 10.4 Å². The van der Waals surface area contributed by atoms with Crippen molar-refractivity contribution in [2.75, 3.05) is 0 Å². The van der Waals surface area contributed by atoms with Crippen LogP contribution in [0.2, 0.25) is 0 Å². The van der Waals surface area contributed by atoms with E-state index in [-0.39, 0.29) is 11.9 Å². The molecular formula is C14H17N3O. The van der Waals surface area contributed by atoms with Crippen LogP contribution in [-0.4, -0.2) is 15.7 Å². The van der Waals surface area contributed by atoms with Crippen molar-refractivity contribution >= 4 is 5.91 Å². The van der Waals surface area contributed by atoms with E-state index in [1.807, 2.05) is 44.2 Å². The molecule has 2 rings (SSSR count). The highest BCUT2D eigenvalue weighted by molar-refractivity contribution is 5.79. The second-order valence-electron chi connectivity index (χ2n) is 4.31. The highest BCUT2D eigenvalue weighted by Crippen LogP contribution is 2.08. The summed E-state index contributed by atoms with van der Waals surface area (Å²) in [6.45, 7) is 4.43. The van der Waals surface area contributed by atoms with E-state index in [9.17, 15) is 4.79 Å². The van der Waals surface area contributed by atoms with Gasteiger partial charge in [0, 0.05) is 18.9 Å². The molecule has 0 aliphatic rings. The Balaban J connectivity index is 1.95. The van der Waals surface area contributed by atoms with Gasteiger partial charge in [-0.1, -0.05) is 24.3 Å². The van der Waals surface area contributed by atoms with Crippen molar-refractivity contribution in [2.24, 2.45) is 0 Å². The predicted molar refractivity (Wildman–Crippen MR) is 70.0 cm³/mol. The summed E-state index contributed by atoms with van der Waals surface area (Å²) in [5.41, 5.74) is 2.32. The van der Waals surface area contributed by atoms with Gasteiger partial charge >= 0.3 is 0 Å². The number of rotatable bonds is 4. The number of benzene rings is 1. The summed E-state index contributed by atoms with van der Waals surface area (Å²) in [5, 5.41) is 6.99. The number of amides is 1. The lowest BCUT2D eigenvalue weighted by Gasteiger charge is -2.13. The van der Waals surface area contributed by atoms with Crippen LogP contribution < -0.4 is 5.32 Å². The predicted octanol–water partition coefficient (Wildman–Crippen LogP) is 2.07. The fourth-order valence-electron chi connectivity index (χ4n) is 1.77. The van der Waals surface area contributed by atoms with Crippen LogP contribution in [0.1, 0.15) is 24.1 Å². The van der Waals surface area contributed by atoms with E-state index in [0.29, 0.717) is 6.54 Å². The Kier molecular flexibility index (Phi) is 3.77. The maximum absolute atomic E-state index is 12.0. The van der Waals surface area contributed by atoms with Gasteiger partial charge in [0.15, 0.2) is 0 Å². The third kappa shape index (κ3) is 2.77. The van der Waals surface area contributed by atoms with Gasteiger partial charge < -0.3 is 5.32 Å². The molecule has 1 aromatic carbocycles. The number of hydrogen-bond donors (Lipinski definition) is 1. The molecule has 18 heavy (non-hydrogen) atoms. The molecule has 4 nitrogen and oxygen atoms in total. The monoisotopic (exact) mass is 243 g/mol. The average Bonchev–Trinajstić information content (AvgIpc) is 2.90. The van der Waals surface area contributed by atoms with Crippen LogP contribution in [0.25, 0.3) is 0 Å². The summed E-state index contributed by atoms with van der Waals surface area (Å²) in [6, 6.07) is 9.56. The quantitative estimate of drug-likeness (QED) is 0.893. The summed E-state index contributed by atoms with van der Waals surface area (Å²) in [6.07, 6.45) is 3.46. The van der Waals surface area contributed by atoms with Crippen LogP contribution in [0.4, 0.5) is 0 Å². The van der Waals surface area contributed by atoms with Crippen LogP contribution in [-0.2, 0) is 11.3 Å². The van der Waals surface area contributed by atoms with Gasteiger partial charge in [-0.3, -0.25) is 9.48 Å². The van der Waals surface area contributed by atoms with Crippen LogP contribution in [0.15, 0.2) is 42.7 Å². The first-order valence-electron chi connectivity index (χ1n) is 6.00. The summed E-state index contributed by atoms with van der Waals surface area (Å²) >= 11 is 0. The van der Waals surface area contributed by atoms with Crippen molar-refractivity contribution in [3.63, 3.8) is 0 Å². The lowest BCUT2D eigenvalue weighted by atomic mass is 10.1. The van der Waals surface area contributed by atoms with E-state index in [1.165, 1.54) is 5.56 Å². The molecule has 1 unspecified atom stereocenters. The Hall–Kier alpha value is -2.10. The zero-order valence-electron chi connectivity index (χ0n) is 10.6. The molecule has 0 fully saturated rings. The standard InChI is InChI=1S/C14H17N3O/c1-11-6-3-4-7-13(11)10-15-14(18)12(2)17-9-5-8-16-17/h3-9,12H,10H2,1-2H3,(H,15,18). The fraction of sp³-hybridized carbons (Fsp3) is 0.286. The number of aryl methyl sites for hydroxylation is 1. The molecule has 1 heterocycles. The SMILES string of the molecule is Cc1ccccc1CNC(=O)C(C)n1cccn1. The third-order valence-corrected chi connectivity index (χ3v) is 3.02. The van der Waals surface area contributed by atoms with Gasteiger partial charge in [-0.25, -0.2) is 0 Å². The first kappa shape index (κ1) is 12.4. The summed E-state index contributed by atoms with van der Waals surface area (Å²) in [4.78, 5) is 12.0. The largest absolute Gasteiger partial charge is 0.350 e. The molecule has 0 radical (unpaired) electrons. The fourth-order valence-corrected chi connectivity index (χ4v) is 1.77. The van der Waals surface area contributed by atoms with Gasteiger partial charge in [-0.05, 0) is 31.0 Å². The number of carbonyl (C=O) groups is 1. The van der Waals surface area contributed by atoms with Crippen LogP contribution in [0.5, 0.6) is 0 Å².